The molecule has 0 bridgehead atoms. The van der Waals surface area contributed by atoms with Crippen molar-refractivity contribution in [3.8, 4) is 6.07 Å². The number of H-pyrrole nitrogens is 1. The molecule has 1 atom stereocenters. The van der Waals surface area contributed by atoms with E-state index in [1.807, 2.05) is 57.2 Å². The number of benzene rings is 2. The third-order valence-electron chi connectivity index (χ3n) is 5.50. The van der Waals surface area contributed by atoms with Crippen molar-refractivity contribution in [1.82, 2.24) is 41.0 Å². The standard InChI is InChI=1S/C24H25N9O2/c1-24(2,3)21(23(35)26-13-19-28-31-32-29-19)27-22(34)20-17-6-4-5-7-18(17)33(30-20)14-16-10-8-15(12-25)9-11-16/h4-11,21H,13-14H2,1-3H3,(H,26,35)(H,27,34)(H,28,29,31,32)/t21-/m1/s1. The maximum absolute atomic E-state index is 13.4. The number of nitrogens with one attached hydrogen (secondary N) is 3. The van der Waals surface area contributed by atoms with E-state index in [1.54, 1.807) is 16.8 Å². The number of hydrogen-bond donors (Lipinski definition) is 3. The molecular formula is C24H25N9O2. The van der Waals surface area contributed by atoms with E-state index in [9.17, 15) is 9.59 Å². The van der Waals surface area contributed by atoms with Gasteiger partial charge in [0.05, 0.1) is 30.2 Å². The Morgan fingerprint density at radius 2 is 1.89 bits per heavy atom. The first-order valence-corrected chi connectivity index (χ1v) is 11.0. The number of carbonyl (C=O) groups excluding carboxylic acids is 2. The van der Waals surface area contributed by atoms with Gasteiger partial charge in [-0.25, -0.2) is 0 Å². The van der Waals surface area contributed by atoms with Crippen LogP contribution in [0.3, 0.4) is 0 Å². The molecule has 0 saturated carbocycles. The zero-order valence-corrected chi connectivity index (χ0v) is 19.6. The van der Waals surface area contributed by atoms with Crippen LogP contribution in [0.15, 0.2) is 48.5 Å². The third-order valence-corrected chi connectivity index (χ3v) is 5.50. The molecule has 0 spiro atoms. The smallest absolute Gasteiger partial charge is 0.273 e. The Bertz CT molecular complexity index is 1380. The van der Waals surface area contributed by atoms with Crippen molar-refractivity contribution in [2.24, 2.45) is 5.41 Å². The Morgan fingerprint density at radius 1 is 1.14 bits per heavy atom. The van der Waals surface area contributed by atoms with E-state index < -0.39 is 17.4 Å². The maximum Gasteiger partial charge on any atom is 0.273 e. The highest BCUT2D eigenvalue weighted by atomic mass is 16.2. The normalized spacial score (nSPS) is 12.2. The minimum Gasteiger partial charge on any atom is -0.347 e. The molecule has 0 saturated heterocycles. The summed E-state index contributed by atoms with van der Waals surface area (Å²) in [6, 6.07) is 15.9. The van der Waals surface area contributed by atoms with Gasteiger partial charge in [0.15, 0.2) is 11.5 Å². The van der Waals surface area contributed by atoms with Crippen LogP contribution < -0.4 is 10.6 Å². The van der Waals surface area contributed by atoms with Crippen molar-refractivity contribution in [1.29, 1.82) is 5.26 Å². The summed E-state index contributed by atoms with van der Waals surface area (Å²) < 4.78 is 1.74. The molecule has 35 heavy (non-hydrogen) atoms. The Hall–Kier alpha value is -4.59. The molecule has 4 aromatic rings. The molecule has 2 aromatic heterocycles. The van der Waals surface area contributed by atoms with Crippen molar-refractivity contribution in [3.63, 3.8) is 0 Å². The minimum absolute atomic E-state index is 0.0833. The molecule has 2 heterocycles. The van der Waals surface area contributed by atoms with Gasteiger partial charge in [-0.05, 0) is 29.2 Å². The van der Waals surface area contributed by atoms with Gasteiger partial charge < -0.3 is 10.6 Å². The second-order valence-corrected chi connectivity index (χ2v) is 9.15. The first-order valence-electron chi connectivity index (χ1n) is 11.0. The first-order chi connectivity index (χ1) is 16.8. The number of tetrazole rings is 1. The lowest BCUT2D eigenvalue weighted by Crippen LogP contribution is -2.53. The first kappa shape index (κ1) is 23.6. The Balaban J connectivity index is 1.58. The Morgan fingerprint density at radius 3 is 2.54 bits per heavy atom. The fraction of sp³-hybridized carbons (Fsp3) is 0.292. The molecule has 2 aromatic carbocycles. The number of nitriles is 1. The Labute approximate surface area is 201 Å². The van der Waals surface area contributed by atoms with Gasteiger partial charge in [0, 0.05) is 5.39 Å². The van der Waals surface area contributed by atoms with Crippen LogP contribution in [0, 0.1) is 16.7 Å². The average Bonchev–Trinajstić information content (AvgIpc) is 3.49. The fourth-order valence-corrected chi connectivity index (χ4v) is 3.67. The van der Waals surface area contributed by atoms with Crippen LogP contribution in [-0.4, -0.2) is 48.3 Å². The minimum atomic E-state index is -0.829. The van der Waals surface area contributed by atoms with E-state index in [4.69, 9.17) is 5.26 Å². The lowest BCUT2D eigenvalue weighted by atomic mass is 9.86. The predicted octanol–water partition coefficient (Wildman–Crippen LogP) is 1.93. The second-order valence-electron chi connectivity index (χ2n) is 9.15. The van der Waals surface area contributed by atoms with Gasteiger partial charge in [0.2, 0.25) is 5.91 Å². The van der Waals surface area contributed by atoms with Gasteiger partial charge in [-0.2, -0.15) is 15.6 Å². The Kier molecular flexibility index (Phi) is 6.55. The summed E-state index contributed by atoms with van der Waals surface area (Å²) in [6.07, 6.45) is 0. The zero-order chi connectivity index (χ0) is 25.0. The van der Waals surface area contributed by atoms with Gasteiger partial charge >= 0.3 is 0 Å². The number of carbonyl (C=O) groups is 2. The second kappa shape index (κ2) is 9.72. The summed E-state index contributed by atoms with van der Waals surface area (Å²) in [5.74, 6) is -0.476. The molecule has 0 radical (unpaired) electrons. The highest BCUT2D eigenvalue weighted by Crippen LogP contribution is 2.23. The zero-order valence-electron chi connectivity index (χ0n) is 19.6. The largest absolute Gasteiger partial charge is 0.347 e. The molecule has 11 heteroatoms. The molecule has 0 aliphatic rings. The number of nitrogens with zero attached hydrogens (tertiary/aromatic N) is 6. The number of hydrogen-bond acceptors (Lipinski definition) is 7. The molecular weight excluding hydrogens is 446 g/mol. The van der Waals surface area contributed by atoms with Crippen LogP contribution >= 0.6 is 0 Å². The summed E-state index contributed by atoms with van der Waals surface area (Å²) in [7, 11) is 0. The quantitative estimate of drug-likeness (QED) is 0.372. The molecule has 0 aliphatic carbocycles. The fourth-order valence-electron chi connectivity index (χ4n) is 3.67. The van der Waals surface area contributed by atoms with Crippen molar-refractivity contribution in [2.45, 2.75) is 39.9 Å². The molecule has 3 N–H and O–H groups in total. The van der Waals surface area contributed by atoms with Gasteiger partial charge in [0.25, 0.3) is 5.91 Å². The number of aromatic nitrogens is 6. The van der Waals surface area contributed by atoms with Gasteiger partial charge in [-0.1, -0.05) is 56.3 Å². The molecule has 4 rings (SSSR count). The van der Waals surface area contributed by atoms with Crippen molar-refractivity contribution >= 4 is 22.7 Å². The molecule has 11 nitrogen and oxygen atoms in total. The van der Waals surface area contributed by atoms with E-state index in [0.717, 1.165) is 11.1 Å². The van der Waals surface area contributed by atoms with E-state index in [1.165, 1.54) is 0 Å². The maximum atomic E-state index is 13.4. The SMILES string of the molecule is CC(C)(C)[C@H](NC(=O)c1nn(Cc2ccc(C#N)cc2)c2ccccc12)C(=O)NCc1nn[nH]n1. The van der Waals surface area contributed by atoms with Crippen molar-refractivity contribution < 1.29 is 9.59 Å². The van der Waals surface area contributed by atoms with Crippen LogP contribution in [0.1, 0.15) is 48.2 Å². The summed E-state index contributed by atoms with van der Waals surface area (Å²) in [5.41, 5.74) is 1.96. The van der Waals surface area contributed by atoms with Crippen LogP contribution in [0.25, 0.3) is 10.9 Å². The van der Waals surface area contributed by atoms with Crippen LogP contribution in [0.2, 0.25) is 0 Å². The monoisotopic (exact) mass is 471 g/mol. The van der Waals surface area contributed by atoms with Crippen molar-refractivity contribution in [2.75, 3.05) is 0 Å². The molecule has 0 unspecified atom stereocenters. The van der Waals surface area contributed by atoms with E-state index in [-0.39, 0.29) is 18.1 Å². The number of fused-ring (bicyclic) bond motifs is 1. The highest BCUT2D eigenvalue weighted by Gasteiger charge is 2.34. The number of rotatable bonds is 7. The number of para-hydroxylation sites is 1. The summed E-state index contributed by atoms with van der Waals surface area (Å²) in [6.45, 7) is 6.11. The third kappa shape index (κ3) is 5.33. The van der Waals surface area contributed by atoms with Crippen LogP contribution in [-0.2, 0) is 17.9 Å². The predicted molar refractivity (Wildman–Crippen MR) is 127 cm³/mol. The molecule has 2 amide bonds. The van der Waals surface area contributed by atoms with E-state index >= 15 is 0 Å². The van der Waals surface area contributed by atoms with Crippen LogP contribution in [0.4, 0.5) is 0 Å². The highest BCUT2D eigenvalue weighted by molar-refractivity contribution is 6.06. The summed E-state index contributed by atoms with van der Waals surface area (Å²) >= 11 is 0. The number of amides is 2. The number of aromatic amines is 1. The van der Waals surface area contributed by atoms with Crippen LogP contribution in [0.5, 0.6) is 0 Å². The molecule has 0 aliphatic heterocycles. The summed E-state index contributed by atoms with van der Waals surface area (Å²) in [4.78, 5) is 26.3. The average molecular weight is 472 g/mol. The van der Waals surface area contributed by atoms with Crippen molar-refractivity contribution in [3.05, 3.63) is 71.2 Å². The topological polar surface area (TPSA) is 154 Å². The van der Waals surface area contributed by atoms with Gasteiger partial charge in [-0.15, -0.1) is 10.2 Å². The van der Waals surface area contributed by atoms with E-state index in [0.29, 0.717) is 23.3 Å². The van der Waals surface area contributed by atoms with Gasteiger partial charge in [0.1, 0.15) is 6.04 Å². The molecule has 0 fully saturated rings. The van der Waals surface area contributed by atoms with Gasteiger partial charge in [-0.3, -0.25) is 14.3 Å². The van der Waals surface area contributed by atoms with E-state index in [2.05, 4.69) is 42.4 Å². The molecule has 178 valence electrons. The summed E-state index contributed by atoms with van der Waals surface area (Å²) in [5, 5.41) is 33.3. The lowest BCUT2D eigenvalue weighted by molar-refractivity contribution is -0.125. The lowest BCUT2D eigenvalue weighted by Gasteiger charge is -2.30.